The van der Waals surface area contributed by atoms with E-state index >= 15 is 0 Å². The predicted octanol–water partition coefficient (Wildman–Crippen LogP) is 4.23. The molecule has 0 saturated heterocycles. The van der Waals surface area contributed by atoms with E-state index in [2.05, 4.69) is 25.1 Å². The predicted molar refractivity (Wildman–Crippen MR) is 88.0 cm³/mol. The van der Waals surface area contributed by atoms with Gasteiger partial charge in [0.05, 0.1) is 0 Å². The minimum absolute atomic E-state index is 0.148. The van der Waals surface area contributed by atoms with Gasteiger partial charge in [-0.3, -0.25) is 0 Å². The molecule has 2 aliphatic carbocycles. The second-order valence-electron chi connectivity index (χ2n) is 6.63. The molecule has 112 valence electrons. The van der Waals surface area contributed by atoms with E-state index in [0.29, 0.717) is 11.5 Å². The summed E-state index contributed by atoms with van der Waals surface area (Å²) in [6.45, 7) is 2.11. The number of benzene rings is 2. The molecule has 0 saturated carbocycles. The number of phenolic OH excluding ortho intramolecular Hbond substituents is 2. The number of fused-ring (bicyclic) bond motifs is 2. The molecule has 2 heteroatoms. The summed E-state index contributed by atoms with van der Waals surface area (Å²) in [6.07, 6.45) is 6.37. The summed E-state index contributed by atoms with van der Waals surface area (Å²) in [7, 11) is 0. The van der Waals surface area contributed by atoms with Crippen molar-refractivity contribution >= 4 is 5.57 Å². The van der Waals surface area contributed by atoms with Gasteiger partial charge in [-0.15, -0.1) is 0 Å². The van der Waals surface area contributed by atoms with E-state index in [1.54, 1.807) is 12.1 Å². The van der Waals surface area contributed by atoms with E-state index in [1.165, 1.54) is 27.8 Å². The topological polar surface area (TPSA) is 40.5 Å². The van der Waals surface area contributed by atoms with Crippen LogP contribution in [0.15, 0.2) is 42.5 Å². The SMILES string of the molecule is CC=C1c2ccc(O)cc2CCC12Cc1ccc(O)cc1C2. The Balaban J connectivity index is 1.80. The molecule has 0 fully saturated rings. The van der Waals surface area contributed by atoms with Crippen LogP contribution in [0.1, 0.15) is 35.6 Å². The number of phenols is 2. The van der Waals surface area contributed by atoms with Gasteiger partial charge in [0.2, 0.25) is 0 Å². The molecule has 0 aliphatic heterocycles. The van der Waals surface area contributed by atoms with E-state index in [4.69, 9.17) is 0 Å². The minimum Gasteiger partial charge on any atom is -0.508 e. The Morgan fingerprint density at radius 3 is 2.36 bits per heavy atom. The summed E-state index contributed by atoms with van der Waals surface area (Å²) in [4.78, 5) is 0. The number of hydrogen-bond acceptors (Lipinski definition) is 2. The lowest BCUT2D eigenvalue weighted by atomic mass is 9.66. The lowest BCUT2D eigenvalue weighted by molar-refractivity contribution is 0.378. The summed E-state index contributed by atoms with van der Waals surface area (Å²) >= 11 is 0. The normalized spacial score (nSPS) is 24.5. The molecule has 0 amide bonds. The molecule has 1 atom stereocenters. The Bertz CT molecular complexity index is 788. The van der Waals surface area contributed by atoms with Gasteiger partial charge in [0, 0.05) is 5.41 Å². The number of hydrogen-bond donors (Lipinski definition) is 2. The van der Waals surface area contributed by atoms with Crippen molar-refractivity contribution in [2.24, 2.45) is 5.41 Å². The van der Waals surface area contributed by atoms with E-state index in [9.17, 15) is 10.2 Å². The standard InChI is InChI=1S/C20H20O2/c1-2-19-18-6-5-17(22)9-13(18)7-8-20(19)11-14-3-4-16(21)10-15(14)12-20/h2-6,9-10,21-22H,7-8,11-12H2,1H3. The Kier molecular flexibility index (Phi) is 2.83. The average molecular weight is 292 g/mol. The third-order valence-corrected chi connectivity index (χ3v) is 5.36. The van der Waals surface area contributed by atoms with E-state index in [1.807, 2.05) is 12.1 Å². The fourth-order valence-electron chi connectivity index (χ4n) is 4.41. The molecule has 1 spiro atoms. The third kappa shape index (κ3) is 1.87. The molecule has 1 unspecified atom stereocenters. The highest BCUT2D eigenvalue weighted by Gasteiger charge is 2.43. The lowest BCUT2D eigenvalue weighted by Crippen LogP contribution is -2.28. The first-order valence-electron chi connectivity index (χ1n) is 7.91. The van der Waals surface area contributed by atoms with Crippen molar-refractivity contribution in [1.29, 1.82) is 0 Å². The van der Waals surface area contributed by atoms with Crippen LogP contribution in [-0.2, 0) is 19.3 Å². The van der Waals surface area contributed by atoms with Gasteiger partial charge in [-0.25, -0.2) is 0 Å². The molecule has 0 heterocycles. The highest BCUT2D eigenvalue weighted by molar-refractivity contribution is 5.76. The summed E-state index contributed by atoms with van der Waals surface area (Å²) < 4.78 is 0. The summed E-state index contributed by atoms with van der Waals surface area (Å²) in [5.41, 5.74) is 6.71. The molecular formula is C20H20O2. The average Bonchev–Trinajstić information content (AvgIpc) is 2.85. The van der Waals surface area contributed by atoms with Crippen LogP contribution >= 0.6 is 0 Å². The molecule has 2 aliphatic rings. The van der Waals surface area contributed by atoms with Gasteiger partial charge in [-0.1, -0.05) is 18.2 Å². The Labute approximate surface area is 130 Å². The first-order chi connectivity index (χ1) is 10.6. The highest BCUT2D eigenvalue weighted by Crippen LogP contribution is 2.53. The maximum atomic E-state index is 9.75. The number of rotatable bonds is 0. The van der Waals surface area contributed by atoms with Crippen LogP contribution in [0.2, 0.25) is 0 Å². The van der Waals surface area contributed by atoms with E-state index in [-0.39, 0.29) is 5.41 Å². The molecule has 2 aromatic rings. The van der Waals surface area contributed by atoms with E-state index in [0.717, 1.165) is 25.7 Å². The highest BCUT2D eigenvalue weighted by atomic mass is 16.3. The fraction of sp³-hybridized carbons (Fsp3) is 0.300. The molecule has 2 N–H and O–H groups in total. The molecule has 0 radical (unpaired) electrons. The van der Waals surface area contributed by atoms with Gasteiger partial charge in [0.15, 0.2) is 0 Å². The lowest BCUT2D eigenvalue weighted by Gasteiger charge is -2.38. The van der Waals surface area contributed by atoms with Crippen molar-refractivity contribution in [1.82, 2.24) is 0 Å². The summed E-state index contributed by atoms with van der Waals surface area (Å²) in [6, 6.07) is 11.5. The summed E-state index contributed by atoms with van der Waals surface area (Å²) in [5, 5.41) is 19.5. The number of allylic oxidation sites excluding steroid dienone is 2. The Morgan fingerprint density at radius 1 is 0.909 bits per heavy atom. The van der Waals surface area contributed by atoms with Crippen molar-refractivity contribution < 1.29 is 10.2 Å². The Morgan fingerprint density at radius 2 is 1.59 bits per heavy atom. The van der Waals surface area contributed by atoms with Gasteiger partial charge in [-0.05, 0) is 84.7 Å². The molecule has 22 heavy (non-hydrogen) atoms. The van der Waals surface area contributed by atoms with E-state index < -0.39 is 0 Å². The zero-order chi connectivity index (χ0) is 15.3. The zero-order valence-electron chi connectivity index (χ0n) is 12.8. The summed E-state index contributed by atoms with van der Waals surface area (Å²) in [5.74, 6) is 0.712. The molecular weight excluding hydrogens is 272 g/mol. The van der Waals surface area contributed by atoms with Crippen molar-refractivity contribution in [2.75, 3.05) is 0 Å². The Hall–Kier alpha value is -2.22. The monoisotopic (exact) mass is 292 g/mol. The molecule has 0 bridgehead atoms. The van der Waals surface area contributed by atoms with Crippen LogP contribution in [0.5, 0.6) is 11.5 Å². The van der Waals surface area contributed by atoms with Crippen molar-refractivity contribution in [3.63, 3.8) is 0 Å². The molecule has 2 nitrogen and oxygen atoms in total. The smallest absolute Gasteiger partial charge is 0.115 e. The second kappa shape index (κ2) is 4.64. The van der Waals surface area contributed by atoms with Gasteiger partial charge in [0.1, 0.15) is 11.5 Å². The largest absolute Gasteiger partial charge is 0.508 e. The molecule has 2 aromatic carbocycles. The number of aryl methyl sites for hydroxylation is 1. The van der Waals surface area contributed by atoms with Gasteiger partial charge in [-0.2, -0.15) is 0 Å². The minimum atomic E-state index is 0.148. The van der Waals surface area contributed by atoms with Crippen LogP contribution in [0, 0.1) is 5.41 Å². The van der Waals surface area contributed by atoms with Crippen molar-refractivity contribution in [3.8, 4) is 11.5 Å². The van der Waals surface area contributed by atoms with Gasteiger partial charge >= 0.3 is 0 Å². The maximum Gasteiger partial charge on any atom is 0.115 e. The van der Waals surface area contributed by atoms with Crippen LogP contribution in [0.4, 0.5) is 0 Å². The third-order valence-electron chi connectivity index (χ3n) is 5.36. The number of aromatic hydroxyl groups is 2. The quantitative estimate of drug-likeness (QED) is 0.762. The molecule has 4 rings (SSSR count). The second-order valence-corrected chi connectivity index (χ2v) is 6.63. The van der Waals surface area contributed by atoms with Crippen LogP contribution in [0.3, 0.4) is 0 Å². The van der Waals surface area contributed by atoms with Crippen LogP contribution in [-0.4, -0.2) is 10.2 Å². The zero-order valence-corrected chi connectivity index (χ0v) is 12.8. The van der Waals surface area contributed by atoms with Gasteiger partial charge < -0.3 is 10.2 Å². The van der Waals surface area contributed by atoms with Crippen molar-refractivity contribution in [3.05, 3.63) is 64.7 Å². The maximum absolute atomic E-state index is 9.75. The van der Waals surface area contributed by atoms with Crippen molar-refractivity contribution in [2.45, 2.75) is 32.6 Å². The van der Waals surface area contributed by atoms with Gasteiger partial charge in [0.25, 0.3) is 0 Å². The fourth-order valence-corrected chi connectivity index (χ4v) is 4.41. The van der Waals surface area contributed by atoms with Crippen LogP contribution < -0.4 is 0 Å². The molecule has 0 aromatic heterocycles. The van der Waals surface area contributed by atoms with Crippen LogP contribution in [0.25, 0.3) is 5.57 Å². The first kappa shape index (κ1) is 13.4. The first-order valence-corrected chi connectivity index (χ1v) is 7.91.